The molecule has 146 valence electrons. The maximum atomic E-state index is 13.0. The van der Waals surface area contributed by atoms with Gasteiger partial charge in [0.1, 0.15) is 11.5 Å². The number of ketones is 1. The highest BCUT2D eigenvalue weighted by molar-refractivity contribution is 9.10. The third-order valence-electron chi connectivity index (χ3n) is 4.82. The van der Waals surface area contributed by atoms with Gasteiger partial charge in [0.15, 0.2) is 5.82 Å². The summed E-state index contributed by atoms with van der Waals surface area (Å²) in [6, 6.07) is 15.1. The lowest BCUT2D eigenvalue weighted by Gasteiger charge is -2.22. The molecule has 0 unspecified atom stereocenters. The van der Waals surface area contributed by atoms with Gasteiger partial charge in [0.2, 0.25) is 0 Å². The fraction of sp³-hybridized carbons (Fsp3) is 0.136. The molecule has 6 nitrogen and oxygen atoms in total. The van der Waals surface area contributed by atoms with Gasteiger partial charge >= 0.3 is 5.91 Å². The highest BCUT2D eigenvalue weighted by Crippen LogP contribution is 2.42. The molecular weight excluding hydrogens is 436 g/mol. The van der Waals surface area contributed by atoms with Crippen LogP contribution in [0.25, 0.3) is 5.76 Å². The van der Waals surface area contributed by atoms with Crippen molar-refractivity contribution in [2.75, 3.05) is 4.90 Å². The minimum Gasteiger partial charge on any atom is -0.507 e. The fourth-order valence-corrected chi connectivity index (χ4v) is 3.63. The number of Topliss-reactive ketones (excluding diaryl/α,β-unsaturated/α-hetero) is 1. The van der Waals surface area contributed by atoms with Crippen LogP contribution in [0.4, 0.5) is 5.82 Å². The summed E-state index contributed by atoms with van der Waals surface area (Å²) in [4.78, 5) is 27.1. The Morgan fingerprint density at radius 2 is 1.72 bits per heavy atom. The molecule has 2 heterocycles. The summed E-state index contributed by atoms with van der Waals surface area (Å²) in [6.45, 7) is 3.63. The summed E-state index contributed by atoms with van der Waals surface area (Å²) in [7, 11) is 0. The molecule has 1 fully saturated rings. The molecule has 1 saturated heterocycles. The number of nitrogens with zero attached hydrogens (tertiary/aromatic N) is 2. The largest absolute Gasteiger partial charge is 0.507 e. The minimum absolute atomic E-state index is 0.0156. The molecule has 1 N–H and O–H groups in total. The molecule has 0 saturated carbocycles. The lowest BCUT2D eigenvalue weighted by molar-refractivity contribution is -0.132. The Labute approximate surface area is 175 Å². The first-order chi connectivity index (χ1) is 13.9. The van der Waals surface area contributed by atoms with Gasteiger partial charge in [0, 0.05) is 16.1 Å². The standard InChI is InChI=1S/C22H17BrN2O4/c1-12-3-5-15(6-4-12)20(26)18-19(14-7-9-16(23)10-8-14)25(22(28)21(18)27)17-11-13(2)29-24-17/h3-11,19,26H,1-2H3/t19-/m1/s1. The van der Waals surface area contributed by atoms with Crippen molar-refractivity contribution in [2.24, 2.45) is 0 Å². The molecule has 2 aromatic carbocycles. The van der Waals surface area contributed by atoms with Crippen LogP contribution in [0.5, 0.6) is 0 Å². The van der Waals surface area contributed by atoms with Gasteiger partial charge in [-0.15, -0.1) is 0 Å². The van der Waals surface area contributed by atoms with Crippen LogP contribution in [0.1, 0.15) is 28.5 Å². The van der Waals surface area contributed by atoms with Crippen molar-refractivity contribution < 1.29 is 19.2 Å². The first-order valence-corrected chi connectivity index (χ1v) is 9.73. The summed E-state index contributed by atoms with van der Waals surface area (Å²) >= 11 is 3.39. The Hall–Kier alpha value is -3.19. The van der Waals surface area contributed by atoms with Gasteiger partial charge < -0.3 is 9.63 Å². The van der Waals surface area contributed by atoms with Crippen LogP contribution < -0.4 is 4.90 Å². The number of carbonyl (C=O) groups excluding carboxylic acids is 2. The van der Waals surface area contributed by atoms with Crippen molar-refractivity contribution in [1.29, 1.82) is 0 Å². The lowest BCUT2D eigenvalue weighted by atomic mass is 9.95. The van der Waals surface area contributed by atoms with Gasteiger partial charge in [0.05, 0.1) is 11.6 Å². The van der Waals surface area contributed by atoms with E-state index < -0.39 is 17.7 Å². The lowest BCUT2D eigenvalue weighted by Crippen LogP contribution is -2.29. The summed E-state index contributed by atoms with van der Waals surface area (Å²) in [5.41, 5.74) is 2.17. The highest BCUT2D eigenvalue weighted by Gasteiger charge is 2.48. The van der Waals surface area contributed by atoms with E-state index in [0.29, 0.717) is 16.9 Å². The SMILES string of the molecule is Cc1ccc(C(O)=C2C(=O)C(=O)N(c3cc(C)on3)[C@@H]2c2ccc(Br)cc2)cc1. The summed E-state index contributed by atoms with van der Waals surface area (Å²) in [5, 5.41) is 14.9. The zero-order valence-electron chi connectivity index (χ0n) is 15.7. The Balaban J connectivity index is 1.93. The fourth-order valence-electron chi connectivity index (χ4n) is 3.36. The first kappa shape index (κ1) is 19.1. The van der Waals surface area contributed by atoms with Crippen LogP contribution in [-0.2, 0) is 9.59 Å². The Kier molecular flexibility index (Phi) is 4.84. The van der Waals surface area contributed by atoms with E-state index in [1.54, 1.807) is 37.3 Å². The van der Waals surface area contributed by atoms with Crippen LogP contribution >= 0.6 is 15.9 Å². The molecule has 0 spiro atoms. The second-order valence-corrected chi connectivity index (χ2v) is 7.80. The molecule has 1 aliphatic rings. The van der Waals surface area contributed by atoms with Gasteiger partial charge in [-0.25, -0.2) is 0 Å². The predicted octanol–water partition coefficient (Wildman–Crippen LogP) is 4.68. The van der Waals surface area contributed by atoms with E-state index in [1.165, 1.54) is 4.90 Å². The van der Waals surface area contributed by atoms with Crippen molar-refractivity contribution in [1.82, 2.24) is 5.16 Å². The van der Waals surface area contributed by atoms with Crippen molar-refractivity contribution in [3.05, 3.63) is 87.1 Å². The van der Waals surface area contributed by atoms with E-state index >= 15 is 0 Å². The third-order valence-corrected chi connectivity index (χ3v) is 5.35. The molecule has 1 amide bonds. The maximum absolute atomic E-state index is 13.0. The van der Waals surface area contributed by atoms with E-state index in [0.717, 1.165) is 10.0 Å². The number of anilines is 1. The summed E-state index contributed by atoms with van der Waals surface area (Å²) < 4.78 is 5.97. The predicted molar refractivity (Wildman–Crippen MR) is 111 cm³/mol. The molecule has 4 rings (SSSR count). The molecule has 1 aromatic heterocycles. The van der Waals surface area contributed by atoms with Gasteiger partial charge in [-0.2, -0.15) is 0 Å². The molecule has 1 atom stereocenters. The number of hydrogen-bond donors (Lipinski definition) is 1. The van der Waals surface area contributed by atoms with Gasteiger partial charge in [0.25, 0.3) is 5.78 Å². The van der Waals surface area contributed by atoms with Gasteiger partial charge in [-0.05, 0) is 31.5 Å². The van der Waals surface area contributed by atoms with E-state index in [4.69, 9.17) is 4.52 Å². The quantitative estimate of drug-likeness (QED) is 0.354. The van der Waals surface area contributed by atoms with Crippen molar-refractivity contribution in [2.45, 2.75) is 19.9 Å². The number of amides is 1. The van der Waals surface area contributed by atoms with Crippen LogP contribution in [0.15, 0.2) is 69.2 Å². The number of halogens is 1. The molecule has 3 aromatic rings. The number of rotatable bonds is 3. The Morgan fingerprint density at radius 3 is 2.31 bits per heavy atom. The third kappa shape index (κ3) is 3.38. The topological polar surface area (TPSA) is 83.6 Å². The Morgan fingerprint density at radius 1 is 1.07 bits per heavy atom. The number of hydrogen-bond acceptors (Lipinski definition) is 5. The Bertz CT molecular complexity index is 1130. The monoisotopic (exact) mass is 452 g/mol. The van der Waals surface area contributed by atoms with E-state index in [2.05, 4.69) is 21.1 Å². The molecule has 7 heteroatoms. The normalized spacial score (nSPS) is 18.4. The number of aryl methyl sites for hydroxylation is 2. The first-order valence-electron chi connectivity index (χ1n) is 8.93. The van der Waals surface area contributed by atoms with E-state index in [1.807, 2.05) is 31.2 Å². The molecule has 0 aliphatic carbocycles. The van der Waals surface area contributed by atoms with Gasteiger partial charge in [-0.1, -0.05) is 63.0 Å². The molecule has 29 heavy (non-hydrogen) atoms. The van der Waals surface area contributed by atoms with Crippen LogP contribution in [-0.4, -0.2) is 22.0 Å². The summed E-state index contributed by atoms with van der Waals surface area (Å²) in [5.74, 6) is -1.02. The number of aliphatic hydroxyl groups is 1. The maximum Gasteiger partial charge on any atom is 0.301 e. The number of aliphatic hydroxyl groups excluding tert-OH is 1. The van der Waals surface area contributed by atoms with Crippen LogP contribution in [0.3, 0.4) is 0 Å². The zero-order valence-corrected chi connectivity index (χ0v) is 17.3. The summed E-state index contributed by atoms with van der Waals surface area (Å²) in [6.07, 6.45) is 0. The van der Waals surface area contributed by atoms with Crippen LogP contribution in [0.2, 0.25) is 0 Å². The van der Waals surface area contributed by atoms with E-state index in [9.17, 15) is 14.7 Å². The van der Waals surface area contributed by atoms with Gasteiger partial charge in [-0.3, -0.25) is 14.5 Å². The second kappa shape index (κ2) is 7.33. The van der Waals surface area contributed by atoms with Crippen LogP contribution in [0, 0.1) is 13.8 Å². The average Bonchev–Trinajstić information content (AvgIpc) is 3.24. The molecular formula is C22H17BrN2O4. The van der Waals surface area contributed by atoms with Crippen molar-refractivity contribution in [3.8, 4) is 0 Å². The zero-order chi connectivity index (χ0) is 20.7. The highest BCUT2D eigenvalue weighted by atomic mass is 79.9. The average molecular weight is 453 g/mol. The van der Waals surface area contributed by atoms with E-state index in [-0.39, 0.29) is 17.2 Å². The number of carbonyl (C=O) groups is 2. The number of aromatic nitrogens is 1. The minimum atomic E-state index is -0.825. The smallest absolute Gasteiger partial charge is 0.301 e. The van der Waals surface area contributed by atoms with Crippen molar-refractivity contribution in [3.63, 3.8) is 0 Å². The molecule has 0 radical (unpaired) electrons. The van der Waals surface area contributed by atoms with Crippen molar-refractivity contribution >= 4 is 39.2 Å². The second-order valence-electron chi connectivity index (χ2n) is 6.88. The molecule has 0 bridgehead atoms. The molecule has 1 aliphatic heterocycles. The number of benzene rings is 2.